The SMILES string of the molecule is CC(C)(C)CNC[C@H]1CN(C2CC2)CCO1. The molecule has 94 valence electrons. The monoisotopic (exact) mass is 226 g/mol. The minimum atomic E-state index is 0.366. The van der Waals surface area contributed by atoms with Gasteiger partial charge in [0, 0.05) is 32.2 Å². The highest BCUT2D eigenvalue weighted by Gasteiger charge is 2.32. The van der Waals surface area contributed by atoms with Gasteiger partial charge in [-0.2, -0.15) is 0 Å². The fourth-order valence-corrected chi connectivity index (χ4v) is 2.25. The van der Waals surface area contributed by atoms with Crippen LogP contribution in [0.5, 0.6) is 0 Å². The molecule has 0 unspecified atom stereocenters. The third-order valence-corrected chi connectivity index (χ3v) is 3.26. The van der Waals surface area contributed by atoms with Crippen molar-refractivity contribution in [1.29, 1.82) is 0 Å². The zero-order valence-electron chi connectivity index (χ0n) is 11.0. The van der Waals surface area contributed by atoms with Gasteiger partial charge in [0.15, 0.2) is 0 Å². The average Bonchev–Trinajstić information content (AvgIpc) is 2.99. The van der Waals surface area contributed by atoms with E-state index in [9.17, 15) is 0 Å². The van der Waals surface area contributed by atoms with E-state index in [4.69, 9.17) is 4.74 Å². The lowest BCUT2D eigenvalue weighted by Crippen LogP contribution is -2.48. The fourth-order valence-electron chi connectivity index (χ4n) is 2.25. The Labute approximate surface area is 99.5 Å². The van der Waals surface area contributed by atoms with Crippen LogP contribution in [0.4, 0.5) is 0 Å². The molecule has 2 rings (SSSR count). The zero-order valence-corrected chi connectivity index (χ0v) is 11.0. The largest absolute Gasteiger partial charge is 0.374 e. The fraction of sp³-hybridized carbons (Fsp3) is 1.00. The highest BCUT2D eigenvalue weighted by Crippen LogP contribution is 2.28. The molecule has 0 amide bonds. The summed E-state index contributed by atoms with van der Waals surface area (Å²) >= 11 is 0. The second-order valence-corrected chi connectivity index (χ2v) is 6.41. The van der Waals surface area contributed by atoms with Crippen LogP contribution in [-0.4, -0.2) is 49.8 Å². The van der Waals surface area contributed by atoms with Crippen molar-refractivity contribution < 1.29 is 4.74 Å². The standard InChI is InChI=1S/C13H26N2O/c1-13(2,3)10-14-8-12-9-15(6-7-16-12)11-4-5-11/h11-12,14H,4-10H2,1-3H3/t12-/m0/s1. The Bertz CT molecular complexity index is 220. The van der Waals surface area contributed by atoms with Crippen LogP contribution in [0, 0.1) is 5.41 Å². The lowest BCUT2D eigenvalue weighted by molar-refractivity contribution is -0.0306. The van der Waals surface area contributed by atoms with E-state index in [2.05, 4.69) is 31.0 Å². The van der Waals surface area contributed by atoms with E-state index in [-0.39, 0.29) is 0 Å². The van der Waals surface area contributed by atoms with E-state index < -0.39 is 0 Å². The molecule has 0 aromatic rings. The van der Waals surface area contributed by atoms with Crippen molar-refractivity contribution in [3.63, 3.8) is 0 Å². The van der Waals surface area contributed by atoms with Crippen LogP contribution in [0.15, 0.2) is 0 Å². The molecule has 1 atom stereocenters. The molecule has 0 spiro atoms. The van der Waals surface area contributed by atoms with Crippen LogP contribution in [-0.2, 0) is 4.74 Å². The molecule has 1 saturated heterocycles. The van der Waals surface area contributed by atoms with Crippen molar-refractivity contribution in [3.05, 3.63) is 0 Å². The summed E-state index contributed by atoms with van der Waals surface area (Å²) in [7, 11) is 0. The summed E-state index contributed by atoms with van der Waals surface area (Å²) in [6.07, 6.45) is 3.21. The van der Waals surface area contributed by atoms with E-state index in [0.717, 1.165) is 38.8 Å². The number of rotatable bonds is 4. The number of hydrogen-bond acceptors (Lipinski definition) is 3. The van der Waals surface area contributed by atoms with Crippen molar-refractivity contribution in [2.45, 2.75) is 45.8 Å². The molecule has 2 fully saturated rings. The minimum absolute atomic E-state index is 0.366. The lowest BCUT2D eigenvalue weighted by atomic mass is 9.97. The molecular formula is C13H26N2O. The number of ether oxygens (including phenoxy) is 1. The molecule has 1 saturated carbocycles. The van der Waals surface area contributed by atoms with Gasteiger partial charge in [-0.1, -0.05) is 20.8 Å². The first-order valence-corrected chi connectivity index (χ1v) is 6.61. The molecule has 2 aliphatic rings. The first-order chi connectivity index (χ1) is 7.54. The van der Waals surface area contributed by atoms with E-state index >= 15 is 0 Å². The molecule has 3 heteroatoms. The molecule has 16 heavy (non-hydrogen) atoms. The average molecular weight is 226 g/mol. The van der Waals surface area contributed by atoms with Crippen molar-refractivity contribution in [1.82, 2.24) is 10.2 Å². The third-order valence-electron chi connectivity index (χ3n) is 3.26. The van der Waals surface area contributed by atoms with E-state index in [0.29, 0.717) is 11.5 Å². The van der Waals surface area contributed by atoms with Gasteiger partial charge < -0.3 is 10.1 Å². The van der Waals surface area contributed by atoms with Crippen LogP contribution in [0.25, 0.3) is 0 Å². The smallest absolute Gasteiger partial charge is 0.0826 e. The quantitative estimate of drug-likeness (QED) is 0.786. The van der Waals surface area contributed by atoms with Crippen molar-refractivity contribution in [2.75, 3.05) is 32.8 Å². The van der Waals surface area contributed by atoms with Gasteiger partial charge in [-0.3, -0.25) is 4.90 Å². The second-order valence-electron chi connectivity index (χ2n) is 6.41. The summed E-state index contributed by atoms with van der Waals surface area (Å²) < 4.78 is 5.80. The van der Waals surface area contributed by atoms with Crippen LogP contribution < -0.4 is 5.32 Å². The summed E-state index contributed by atoms with van der Waals surface area (Å²) in [5.74, 6) is 0. The first-order valence-electron chi connectivity index (χ1n) is 6.61. The summed E-state index contributed by atoms with van der Waals surface area (Å²) in [6, 6.07) is 0.883. The van der Waals surface area contributed by atoms with Gasteiger partial charge >= 0.3 is 0 Å². The molecule has 3 nitrogen and oxygen atoms in total. The van der Waals surface area contributed by atoms with Gasteiger partial charge in [0.2, 0.25) is 0 Å². The molecule has 0 radical (unpaired) electrons. The Balaban J connectivity index is 1.65. The number of nitrogens with one attached hydrogen (secondary N) is 1. The predicted octanol–water partition coefficient (Wildman–Crippen LogP) is 1.49. The van der Waals surface area contributed by atoms with Crippen LogP contribution in [0.1, 0.15) is 33.6 Å². The molecule has 1 aliphatic heterocycles. The van der Waals surface area contributed by atoms with Gasteiger partial charge in [-0.25, -0.2) is 0 Å². The minimum Gasteiger partial charge on any atom is -0.374 e. The Morgan fingerprint density at radius 2 is 2.06 bits per heavy atom. The van der Waals surface area contributed by atoms with Crippen LogP contribution in [0.2, 0.25) is 0 Å². The van der Waals surface area contributed by atoms with Crippen molar-refractivity contribution >= 4 is 0 Å². The van der Waals surface area contributed by atoms with Crippen molar-refractivity contribution in [2.24, 2.45) is 5.41 Å². The van der Waals surface area contributed by atoms with Crippen molar-refractivity contribution in [3.8, 4) is 0 Å². The molecule has 1 N–H and O–H groups in total. The van der Waals surface area contributed by atoms with Gasteiger partial charge in [0.25, 0.3) is 0 Å². The van der Waals surface area contributed by atoms with Gasteiger partial charge in [-0.15, -0.1) is 0 Å². The highest BCUT2D eigenvalue weighted by molar-refractivity contribution is 4.88. The summed E-state index contributed by atoms with van der Waals surface area (Å²) in [5.41, 5.74) is 0.366. The molecule has 1 heterocycles. The highest BCUT2D eigenvalue weighted by atomic mass is 16.5. The number of morpholine rings is 1. The molecule has 1 aliphatic carbocycles. The van der Waals surface area contributed by atoms with E-state index in [1.165, 1.54) is 12.8 Å². The Hall–Kier alpha value is -0.120. The molecule has 0 aromatic heterocycles. The normalized spacial score (nSPS) is 28.3. The summed E-state index contributed by atoms with van der Waals surface area (Å²) in [5, 5.41) is 3.52. The Morgan fingerprint density at radius 3 is 2.69 bits per heavy atom. The lowest BCUT2D eigenvalue weighted by Gasteiger charge is -2.33. The first kappa shape index (κ1) is 12.3. The van der Waals surface area contributed by atoms with E-state index in [1.54, 1.807) is 0 Å². The summed E-state index contributed by atoms with van der Waals surface area (Å²) in [6.45, 7) is 12.0. The van der Waals surface area contributed by atoms with Gasteiger partial charge in [0.05, 0.1) is 12.7 Å². The Morgan fingerprint density at radius 1 is 1.31 bits per heavy atom. The maximum atomic E-state index is 5.80. The summed E-state index contributed by atoms with van der Waals surface area (Å²) in [4.78, 5) is 2.60. The van der Waals surface area contributed by atoms with Gasteiger partial charge in [-0.05, 0) is 18.3 Å². The topological polar surface area (TPSA) is 24.5 Å². The number of hydrogen-bond donors (Lipinski definition) is 1. The maximum Gasteiger partial charge on any atom is 0.0826 e. The Kier molecular flexibility index (Phi) is 3.88. The number of nitrogens with zero attached hydrogens (tertiary/aromatic N) is 1. The molecule has 0 bridgehead atoms. The second kappa shape index (κ2) is 5.03. The maximum absolute atomic E-state index is 5.80. The molecular weight excluding hydrogens is 200 g/mol. The predicted molar refractivity (Wildman–Crippen MR) is 66.7 cm³/mol. The van der Waals surface area contributed by atoms with Gasteiger partial charge in [0.1, 0.15) is 0 Å². The van der Waals surface area contributed by atoms with E-state index in [1.807, 2.05) is 0 Å². The molecule has 0 aromatic carbocycles. The van der Waals surface area contributed by atoms with Crippen LogP contribution >= 0.6 is 0 Å². The third kappa shape index (κ3) is 4.04. The zero-order chi connectivity index (χ0) is 11.6. The van der Waals surface area contributed by atoms with Crippen LogP contribution in [0.3, 0.4) is 0 Å².